The lowest BCUT2D eigenvalue weighted by molar-refractivity contribution is 0.0636. The van der Waals surface area contributed by atoms with Gasteiger partial charge in [-0.1, -0.05) is 12.1 Å². The van der Waals surface area contributed by atoms with Crippen molar-refractivity contribution in [3.63, 3.8) is 0 Å². The van der Waals surface area contributed by atoms with Gasteiger partial charge in [-0.3, -0.25) is 5.32 Å². The monoisotopic (exact) mass is 290 g/mol. The predicted octanol–water partition coefficient (Wildman–Crippen LogP) is 4.47. The molecule has 20 heavy (non-hydrogen) atoms. The lowest BCUT2D eigenvalue weighted by Crippen LogP contribution is -2.27. The molecule has 0 aliphatic carbocycles. The standard InChI is InChI=1S/C15H18N2O2S/c1-10-16-13(9-20-10)11-6-5-7-12(8-11)17-14(18)19-15(2,3)4/h5-9H,1-4H3,(H,17,18). The number of hydrogen-bond acceptors (Lipinski definition) is 4. The molecule has 0 aliphatic heterocycles. The normalized spacial score (nSPS) is 11.2. The molecule has 1 heterocycles. The Morgan fingerprint density at radius 3 is 2.70 bits per heavy atom. The van der Waals surface area contributed by atoms with Crippen molar-refractivity contribution < 1.29 is 9.53 Å². The molecule has 0 aliphatic rings. The highest BCUT2D eigenvalue weighted by atomic mass is 32.1. The zero-order valence-corrected chi connectivity index (χ0v) is 12.9. The third kappa shape index (κ3) is 4.06. The van der Waals surface area contributed by atoms with Crippen LogP contribution in [0.2, 0.25) is 0 Å². The number of thiazole rings is 1. The second kappa shape index (κ2) is 5.63. The fourth-order valence-corrected chi connectivity index (χ4v) is 2.30. The molecular formula is C15H18N2O2S. The molecule has 1 aromatic heterocycles. The van der Waals surface area contributed by atoms with Crippen LogP contribution in [-0.4, -0.2) is 16.7 Å². The second-order valence-electron chi connectivity index (χ2n) is 5.46. The van der Waals surface area contributed by atoms with Crippen molar-refractivity contribution >= 4 is 23.1 Å². The molecule has 0 spiro atoms. The van der Waals surface area contributed by atoms with Gasteiger partial charge in [0, 0.05) is 16.6 Å². The molecule has 106 valence electrons. The first-order valence-corrected chi connectivity index (χ1v) is 7.24. The summed E-state index contributed by atoms with van der Waals surface area (Å²) in [5.41, 5.74) is 2.08. The highest BCUT2D eigenvalue weighted by molar-refractivity contribution is 7.09. The second-order valence-corrected chi connectivity index (χ2v) is 6.52. The molecule has 0 radical (unpaired) electrons. The highest BCUT2D eigenvalue weighted by Gasteiger charge is 2.16. The van der Waals surface area contributed by atoms with E-state index in [0.29, 0.717) is 5.69 Å². The number of carbonyl (C=O) groups excluding carboxylic acids is 1. The maximum Gasteiger partial charge on any atom is 0.412 e. The van der Waals surface area contributed by atoms with Gasteiger partial charge < -0.3 is 4.74 Å². The van der Waals surface area contributed by atoms with Crippen molar-refractivity contribution in [1.29, 1.82) is 0 Å². The number of nitrogens with zero attached hydrogens (tertiary/aromatic N) is 1. The molecule has 0 bridgehead atoms. The minimum atomic E-state index is -0.506. The van der Waals surface area contributed by atoms with Crippen LogP contribution in [0, 0.1) is 6.92 Å². The van der Waals surface area contributed by atoms with Crippen LogP contribution in [0.4, 0.5) is 10.5 Å². The predicted molar refractivity (Wildman–Crippen MR) is 82.1 cm³/mol. The molecular weight excluding hydrogens is 272 g/mol. The van der Waals surface area contributed by atoms with Crippen LogP contribution in [0.3, 0.4) is 0 Å². The van der Waals surface area contributed by atoms with E-state index >= 15 is 0 Å². The van der Waals surface area contributed by atoms with E-state index in [9.17, 15) is 4.79 Å². The number of amides is 1. The van der Waals surface area contributed by atoms with E-state index in [2.05, 4.69) is 10.3 Å². The van der Waals surface area contributed by atoms with Crippen molar-refractivity contribution in [2.45, 2.75) is 33.3 Å². The maximum absolute atomic E-state index is 11.7. The zero-order valence-electron chi connectivity index (χ0n) is 12.1. The molecule has 0 atom stereocenters. The summed E-state index contributed by atoms with van der Waals surface area (Å²) >= 11 is 1.60. The van der Waals surface area contributed by atoms with Crippen LogP contribution in [-0.2, 0) is 4.74 Å². The minimum Gasteiger partial charge on any atom is -0.444 e. The van der Waals surface area contributed by atoms with Crippen LogP contribution >= 0.6 is 11.3 Å². The minimum absolute atomic E-state index is 0.455. The van der Waals surface area contributed by atoms with Gasteiger partial charge in [0.2, 0.25) is 0 Å². The number of aromatic nitrogens is 1. The average molecular weight is 290 g/mol. The van der Waals surface area contributed by atoms with Crippen molar-refractivity contribution in [2.75, 3.05) is 5.32 Å². The Kier molecular flexibility index (Phi) is 4.09. The van der Waals surface area contributed by atoms with Gasteiger partial charge in [0.25, 0.3) is 0 Å². The number of carbonyl (C=O) groups is 1. The van der Waals surface area contributed by atoms with E-state index in [1.54, 1.807) is 11.3 Å². The molecule has 1 N–H and O–H groups in total. The summed E-state index contributed by atoms with van der Waals surface area (Å²) in [5, 5.41) is 5.75. The molecule has 4 nitrogen and oxygen atoms in total. The average Bonchev–Trinajstić information content (AvgIpc) is 2.73. The molecule has 0 unspecified atom stereocenters. The lowest BCUT2D eigenvalue weighted by atomic mass is 10.1. The third-order valence-corrected chi connectivity index (χ3v) is 3.20. The SMILES string of the molecule is Cc1nc(-c2cccc(NC(=O)OC(C)(C)C)c2)cs1. The van der Waals surface area contributed by atoms with Crippen molar-refractivity contribution in [2.24, 2.45) is 0 Å². The van der Waals surface area contributed by atoms with Crippen LogP contribution in [0.5, 0.6) is 0 Å². The summed E-state index contributed by atoms with van der Waals surface area (Å²) in [6.07, 6.45) is -0.455. The molecule has 0 saturated carbocycles. The van der Waals surface area contributed by atoms with Crippen molar-refractivity contribution in [3.8, 4) is 11.3 Å². The Morgan fingerprint density at radius 1 is 1.35 bits per heavy atom. The fraction of sp³-hybridized carbons (Fsp3) is 0.333. The summed E-state index contributed by atoms with van der Waals surface area (Å²) in [6.45, 7) is 7.47. The number of anilines is 1. The molecule has 5 heteroatoms. The van der Waals surface area contributed by atoms with E-state index in [4.69, 9.17) is 4.74 Å². The highest BCUT2D eigenvalue weighted by Crippen LogP contribution is 2.24. The third-order valence-electron chi connectivity index (χ3n) is 2.42. The van der Waals surface area contributed by atoms with Gasteiger partial charge in [-0.2, -0.15) is 0 Å². The van der Waals surface area contributed by atoms with Gasteiger partial charge in [-0.05, 0) is 39.8 Å². The topological polar surface area (TPSA) is 51.2 Å². The first-order chi connectivity index (χ1) is 9.33. The van der Waals surface area contributed by atoms with Crippen LogP contribution in [0.1, 0.15) is 25.8 Å². The van der Waals surface area contributed by atoms with Gasteiger partial charge in [0.1, 0.15) is 5.60 Å². The zero-order chi connectivity index (χ0) is 14.8. The number of aryl methyl sites for hydroxylation is 1. The van der Waals surface area contributed by atoms with Crippen LogP contribution < -0.4 is 5.32 Å². The molecule has 2 rings (SSSR count). The lowest BCUT2D eigenvalue weighted by Gasteiger charge is -2.19. The Labute approximate surface area is 122 Å². The van der Waals surface area contributed by atoms with Crippen molar-refractivity contribution in [1.82, 2.24) is 4.98 Å². The summed E-state index contributed by atoms with van der Waals surface area (Å²) in [7, 11) is 0. The number of rotatable bonds is 2. The molecule has 0 fully saturated rings. The van der Waals surface area contributed by atoms with Crippen LogP contribution in [0.15, 0.2) is 29.6 Å². The van der Waals surface area contributed by atoms with Gasteiger partial charge in [-0.15, -0.1) is 11.3 Å². The number of nitrogens with one attached hydrogen (secondary N) is 1. The number of hydrogen-bond donors (Lipinski definition) is 1. The summed E-state index contributed by atoms with van der Waals surface area (Å²) < 4.78 is 5.23. The van der Waals surface area contributed by atoms with Gasteiger partial charge in [-0.25, -0.2) is 9.78 Å². The largest absolute Gasteiger partial charge is 0.444 e. The van der Waals surface area contributed by atoms with E-state index in [-0.39, 0.29) is 0 Å². The summed E-state index contributed by atoms with van der Waals surface area (Å²) in [5.74, 6) is 0. The molecule has 1 amide bonds. The number of ether oxygens (including phenoxy) is 1. The maximum atomic E-state index is 11.7. The first kappa shape index (κ1) is 14.5. The van der Waals surface area contributed by atoms with E-state index < -0.39 is 11.7 Å². The summed E-state index contributed by atoms with van der Waals surface area (Å²) in [6, 6.07) is 7.57. The van der Waals surface area contributed by atoms with Crippen molar-refractivity contribution in [3.05, 3.63) is 34.7 Å². The Morgan fingerprint density at radius 2 is 2.10 bits per heavy atom. The number of benzene rings is 1. The molecule has 0 saturated heterocycles. The fourth-order valence-electron chi connectivity index (χ4n) is 1.67. The molecule has 2 aromatic rings. The summed E-state index contributed by atoms with van der Waals surface area (Å²) in [4.78, 5) is 16.2. The van der Waals surface area contributed by atoms with Crippen LogP contribution in [0.25, 0.3) is 11.3 Å². The van der Waals surface area contributed by atoms with E-state index in [1.807, 2.05) is 57.3 Å². The van der Waals surface area contributed by atoms with E-state index in [0.717, 1.165) is 16.3 Å². The quantitative estimate of drug-likeness (QED) is 0.888. The van der Waals surface area contributed by atoms with Gasteiger partial charge in [0.05, 0.1) is 10.7 Å². The smallest absolute Gasteiger partial charge is 0.412 e. The van der Waals surface area contributed by atoms with E-state index in [1.165, 1.54) is 0 Å². The Bertz CT molecular complexity index is 614. The Balaban J connectivity index is 2.12. The van der Waals surface area contributed by atoms with Gasteiger partial charge in [0.15, 0.2) is 0 Å². The molecule has 1 aromatic carbocycles. The van der Waals surface area contributed by atoms with Gasteiger partial charge >= 0.3 is 6.09 Å². The Hall–Kier alpha value is -1.88. The first-order valence-electron chi connectivity index (χ1n) is 6.36.